The average Bonchev–Trinajstić information content (AvgIpc) is 3.26. The minimum atomic E-state index is -0.710. The number of hydrogen-bond donors (Lipinski definition) is 4. The molecule has 2 aliphatic rings. The van der Waals surface area contributed by atoms with Gasteiger partial charge in [-0.05, 0) is 29.8 Å². The summed E-state index contributed by atoms with van der Waals surface area (Å²) >= 11 is 0. The number of phenolic OH excluding ortho intramolecular Hbond substituents is 1. The number of amides is 2. The molecule has 6 rings (SSSR count). The summed E-state index contributed by atoms with van der Waals surface area (Å²) in [6, 6.07) is 10.5. The number of ether oxygens (including phenoxy) is 1. The molecule has 4 heterocycles. The number of fused-ring (bicyclic) bond motifs is 6. The molecule has 0 saturated carbocycles. The number of aromatic nitrogens is 2. The van der Waals surface area contributed by atoms with Crippen molar-refractivity contribution in [3.8, 4) is 17.4 Å². The van der Waals surface area contributed by atoms with Crippen molar-refractivity contribution in [2.75, 3.05) is 0 Å². The molecule has 0 aliphatic carbocycles. The van der Waals surface area contributed by atoms with Crippen molar-refractivity contribution in [3.05, 3.63) is 53.7 Å². The highest BCUT2D eigenvalue weighted by Crippen LogP contribution is 2.50. The second-order valence-electron chi connectivity index (χ2n) is 6.93. The summed E-state index contributed by atoms with van der Waals surface area (Å²) < 4.78 is 6.18. The van der Waals surface area contributed by atoms with Gasteiger partial charge in [0.1, 0.15) is 11.5 Å². The Labute approximate surface area is 151 Å². The lowest BCUT2D eigenvalue weighted by Gasteiger charge is -2.20. The van der Waals surface area contributed by atoms with Gasteiger partial charge in [0.15, 0.2) is 0 Å². The molecule has 4 N–H and O–H groups in total. The first-order valence-corrected chi connectivity index (χ1v) is 8.59. The van der Waals surface area contributed by atoms with Crippen LogP contribution in [0.25, 0.3) is 21.8 Å². The van der Waals surface area contributed by atoms with E-state index < -0.39 is 11.8 Å². The third kappa shape index (κ3) is 1.75. The minimum Gasteiger partial charge on any atom is -0.508 e. The number of H-pyrrole nitrogens is 2. The summed E-state index contributed by atoms with van der Waals surface area (Å²) in [4.78, 5) is 31.8. The number of aromatic hydroxyl groups is 1. The third-order valence-corrected chi connectivity index (χ3v) is 5.49. The molecule has 1 saturated heterocycles. The van der Waals surface area contributed by atoms with Crippen LogP contribution in [0.4, 0.5) is 0 Å². The smallest absolute Gasteiger partial charge is 0.235 e. The zero-order valence-corrected chi connectivity index (χ0v) is 13.9. The topological polar surface area (TPSA) is 107 Å². The fourth-order valence-electron chi connectivity index (χ4n) is 4.39. The van der Waals surface area contributed by atoms with E-state index in [0.29, 0.717) is 22.7 Å². The van der Waals surface area contributed by atoms with Gasteiger partial charge in [0.25, 0.3) is 0 Å². The molecule has 132 valence electrons. The highest BCUT2D eigenvalue weighted by molar-refractivity contribution is 6.14. The SMILES string of the molecule is O=C1NC(=O)[C@H]2c3c([nH]c4cc(O)ccc34)Oc3cccc4[nH]cc(c34)[C@@H]12. The molecule has 2 atom stereocenters. The normalized spacial score (nSPS) is 20.7. The van der Waals surface area contributed by atoms with Crippen molar-refractivity contribution in [1.29, 1.82) is 0 Å². The Morgan fingerprint density at radius 1 is 1.00 bits per heavy atom. The lowest BCUT2D eigenvalue weighted by Crippen LogP contribution is -2.21. The maximum atomic E-state index is 12.7. The van der Waals surface area contributed by atoms with Crippen LogP contribution in [0.5, 0.6) is 17.4 Å². The Morgan fingerprint density at radius 3 is 2.74 bits per heavy atom. The van der Waals surface area contributed by atoms with Crippen LogP contribution in [0, 0.1) is 0 Å². The minimum absolute atomic E-state index is 0.105. The molecule has 4 aromatic rings. The van der Waals surface area contributed by atoms with Crippen LogP contribution in [0.2, 0.25) is 0 Å². The van der Waals surface area contributed by atoms with Crippen LogP contribution in [0.15, 0.2) is 42.6 Å². The molecule has 0 spiro atoms. The summed E-state index contributed by atoms with van der Waals surface area (Å²) in [5, 5.41) is 13.8. The molecule has 2 aliphatic heterocycles. The van der Waals surface area contributed by atoms with Gasteiger partial charge in [0, 0.05) is 34.1 Å². The summed E-state index contributed by atoms with van der Waals surface area (Å²) in [5.41, 5.74) is 2.85. The number of benzene rings is 2. The highest BCUT2D eigenvalue weighted by Gasteiger charge is 2.48. The van der Waals surface area contributed by atoms with Crippen LogP contribution in [0.3, 0.4) is 0 Å². The molecule has 0 unspecified atom stereocenters. The van der Waals surface area contributed by atoms with Crippen molar-refractivity contribution in [1.82, 2.24) is 15.3 Å². The molecule has 0 bridgehead atoms. The lowest BCUT2D eigenvalue weighted by molar-refractivity contribution is -0.125. The van der Waals surface area contributed by atoms with E-state index >= 15 is 0 Å². The number of hydrogen-bond acceptors (Lipinski definition) is 4. The van der Waals surface area contributed by atoms with E-state index in [1.165, 1.54) is 0 Å². The number of nitrogens with one attached hydrogen (secondary N) is 3. The number of carbonyl (C=O) groups is 2. The van der Waals surface area contributed by atoms with Crippen LogP contribution in [-0.4, -0.2) is 26.9 Å². The van der Waals surface area contributed by atoms with E-state index in [9.17, 15) is 14.7 Å². The Kier molecular flexibility index (Phi) is 2.51. The first-order chi connectivity index (χ1) is 13.1. The van der Waals surface area contributed by atoms with E-state index in [4.69, 9.17) is 4.74 Å². The number of phenols is 1. The quantitative estimate of drug-likeness (QED) is 0.362. The second kappa shape index (κ2) is 4.70. The first-order valence-electron chi connectivity index (χ1n) is 8.59. The maximum Gasteiger partial charge on any atom is 0.235 e. The van der Waals surface area contributed by atoms with Gasteiger partial charge in [-0.25, -0.2) is 0 Å². The molecule has 1 fully saturated rings. The third-order valence-electron chi connectivity index (χ3n) is 5.49. The largest absolute Gasteiger partial charge is 0.508 e. The number of carbonyl (C=O) groups excluding carboxylic acids is 2. The van der Waals surface area contributed by atoms with Crippen molar-refractivity contribution in [3.63, 3.8) is 0 Å². The van der Waals surface area contributed by atoms with E-state index in [1.807, 2.05) is 18.2 Å². The standard InChI is InChI=1S/C20H13N3O4/c24-8-4-5-9-12(6-8)22-20-16(9)17-15(18(25)23-19(17)26)10-7-21-11-2-1-3-13(27-20)14(10)11/h1-7,15,17,21-22,24H,(H,23,25,26)/t15-,17-/m1/s1. The molecule has 2 aromatic heterocycles. The lowest BCUT2D eigenvalue weighted by atomic mass is 9.82. The predicted octanol–water partition coefficient (Wildman–Crippen LogP) is 2.98. The van der Waals surface area contributed by atoms with Crippen molar-refractivity contribution < 1.29 is 19.4 Å². The average molecular weight is 359 g/mol. The zero-order valence-electron chi connectivity index (χ0n) is 13.9. The summed E-state index contributed by atoms with van der Waals surface area (Å²) in [7, 11) is 0. The van der Waals surface area contributed by atoms with Crippen LogP contribution in [-0.2, 0) is 9.59 Å². The van der Waals surface area contributed by atoms with Crippen molar-refractivity contribution >= 4 is 33.6 Å². The fraction of sp³-hybridized carbons (Fsp3) is 0.100. The van der Waals surface area contributed by atoms with E-state index in [-0.39, 0.29) is 17.6 Å². The van der Waals surface area contributed by atoms with Crippen LogP contribution >= 0.6 is 0 Å². The zero-order chi connectivity index (χ0) is 18.3. The van der Waals surface area contributed by atoms with Gasteiger partial charge < -0.3 is 19.8 Å². The van der Waals surface area contributed by atoms with Gasteiger partial charge in [-0.1, -0.05) is 6.07 Å². The summed E-state index contributed by atoms with van der Waals surface area (Å²) in [6.45, 7) is 0. The van der Waals surface area contributed by atoms with Crippen LogP contribution in [0.1, 0.15) is 23.0 Å². The molecular weight excluding hydrogens is 346 g/mol. The second-order valence-corrected chi connectivity index (χ2v) is 6.93. The van der Waals surface area contributed by atoms with E-state index in [0.717, 1.165) is 21.9 Å². The molecule has 27 heavy (non-hydrogen) atoms. The highest BCUT2D eigenvalue weighted by atomic mass is 16.5. The van der Waals surface area contributed by atoms with Gasteiger partial charge in [0.05, 0.1) is 17.4 Å². The van der Waals surface area contributed by atoms with Gasteiger partial charge >= 0.3 is 0 Å². The molecule has 0 radical (unpaired) electrons. The van der Waals surface area contributed by atoms with Gasteiger partial charge in [-0.15, -0.1) is 0 Å². The maximum absolute atomic E-state index is 12.7. The Hall–Kier alpha value is -3.74. The van der Waals surface area contributed by atoms with Crippen LogP contribution < -0.4 is 10.1 Å². The molecule has 2 aromatic carbocycles. The fourth-order valence-corrected chi connectivity index (χ4v) is 4.39. The molecule has 2 amide bonds. The van der Waals surface area contributed by atoms with E-state index in [1.54, 1.807) is 24.4 Å². The van der Waals surface area contributed by atoms with Gasteiger partial charge in [-0.2, -0.15) is 0 Å². The monoisotopic (exact) mass is 359 g/mol. The van der Waals surface area contributed by atoms with Gasteiger partial charge in [0.2, 0.25) is 17.7 Å². The summed E-state index contributed by atoms with van der Waals surface area (Å²) in [6.07, 6.45) is 1.78. The number of aromatic amines is 2. The van der Waals surface area contributed by atoms with Crippen molar-refractivity contribution in [2.45, 2.75) is 11.8 Å². The number of imide groups is 1. The Bertz CT molecular complexity index is 1300. The predicted molar refractivity (Wildman–Crippen MR) is 97.0 cm³/mol. The molecule has 7 nitrogen and oxygen atoms in total. The Balaban J connectivity index is 1.75. The number of rotatable bonds is 0. The molecule has 7 heteroatoms. The first kappa shape index (κ1) is 14.4. The van der Waals surface area contributed by atoms with Gasteiger partial charge in [-0.3, -0.25) is 14.9 Å². The van der Waals surface area contributed by atoms with Crippen molar-refractivity contribution in [2.24, 2.45) is 0 Å². The molecular formula is C20H13N3O4. The van der Waals surface area contributed by atoms with E-state index in [2.05, 4.69) is 15.3 Å². The Morgan fingerprint density at radius 2 is 1.85 bits per heavy atom. The summed E-state index contributed by atoms with van der Waals surface area (Å²) in [5.74, 6) is -0.907.